The average molecular weight is 259 g/mol. The number of nitriles is 1. The van der Waals surface area contributed by atoms with Crippen LogP contribution in [0.2, 0.25) is 0 Å². The Kier molecular flexibility index (Phi) is 3.70. The van der Waals surface area contributed by atoms with Gasteiger partial charge in [-0.2, -0.15) is 10.4 Å². The lowest BCUT2D eigenvalue weighted by Gasteiger charge is -2.10. The summed E-state index contributed by atoms with van der Waals surface area (Å²) in [5.74, 6) is 0. The number of aliphatic hydroxyl groups excluding tert-OH is 1. The highest BCUT2D eigenvalue weighted by Crippen LogP contribution is 2.33. The predicted octanol–water partition coefficient (Wildman–Crippen LogP) is 2.50. The summed E-state index contributed by atoms with van der Waals surface area (Å²) in [7, 11) is 1.85. The minimum Gasteiger partial charge on any atom is -0.389 e. The van der Waals surface area contributed by atoms with Crippen molar-refractivity contribution in [3.8, 4) is 6.07 Å². The van der Waals surface area contributed by atoms with Crippen LogP contribution in [-0.2, 0) is 7.05 Å². The molecule has 2 aromatic rings. The largest absolute Gasteiger partial charge is 0.389 e. The van der Waals surface area contributed by atoms with Crippen molar-refractivity contribution in [1.29, 1.82) is 5.26 Å². The molecule has 0 bridgehead atoms. The first kappa shape index (κ1) is 12.7. The molecule has 0 amide bonds. The van der Waals surface area contributed by atoms with Crippen molar-refractivity contribution in [2.24, 2.45) is 7.05 Å². The molecular weight excluding hydrogens is 246 g/mol. The third-order valence-corrected chi connectivity index (χ3v) is 3.52. The lowest BCUT2D eigenvalue weighted by Crippen LogP contribution is -1.94. The van der Waals surface area contributed by atoms with Crippen LogP contribution in [0.4, 0.5) is 0 Å². The summed E-state index contributed by atoms with van der Waals surface area (Å²) in [6.45, 7) is 1.72. The number of aromatic nitrogens is 2. The zero-order valence-electron chi connectivity index (χ0n) is 10.2. The number of benzene rings is 1. The molecule has 0 saturated carbocycles. The third-order valence-electron chi connectivity index (χ3n) is 2.50. The first-order chi connectivity index (χ1) is 8.60. The van der Waals surface area contributed by atoms with Crippen molar-refractivity contribution >= 4 is 11.8 Å². The van der Waals surface area contributed by atoms with Crippen LogP contribution < -0.4 is 0 Å². The molecule has 1 N–H and O–H groups in total. The fourth-order valence-corrected chi connectivity index (χ4v) is 2.72. The number of hydrogen-bond donors (Lipinski definition) is 1. The monoisotopic (exact) mass is 259 g/mol. The van der Waals surface area contributed by atoms with Crippen LogP contribution in [0.3, 0.4) is 0 Å². The molecule has 1 heterocycles. The Bertz CT molecular complexity index is 599. The van der Waals surface area contributed by atoms with Crippen molar-refractivity contribution < 1.29 is 5.11 Å². The van der Waals surface area contributed by atoms with Gasteiger partial charge in [0.25, 0.3) is 0 Å². The summed E-state index contributed by atoms with van der Waals surface area (Å²) >= 11 is 1.50. The highest BCUT2D eigenvalue weighted by Gasteiger charge is 2.11. The van der Waals surface area contributed by atoms with Crippen LogP contribution in [0.25, 0.3) is 0 Å². The summed E-state index contributed by atoms with van der Waals surface area (Å²) in [5, 5.41) is 22.8. The van der Waals surface area contributed by atoms with Crippen molar-refractivity contribution in [3.05, 3.63) is 41.7 Å². The Morgan fingerprint density at radius 3 is 2.83 bits per heavy atom. The highest BCUT2D eigenvalue weighted by atomic mass is 32.2. The second kappa shape index (κ2) is 5.25. The molecule has 0 saturated heterocycles. The fourth-order valence-electron chi connectivity index (χ4n) is 1.62. The maximum atomic E-state index is 9.73. The Balaban J connectivity index is 2.38. The maximum absolute atomic E-state index is 9.73. The van der Waals surface area contributed by atoms with Crippen molar-refractivity contribution in [1.82, 2.24) is 9.78 Å². The van der Waals surface area contributed by atoms with E-state index in [2.05, 4.69) is 11.2 Å². The van der Waals surface area contributed by atoms with E-state index in [1.807, 2.05) is 13.2 Å². The molecular formula is C13H13N3OS. The van der Waals surface area contributed by atoms with Gasteiger partial charge in [-0.05, 0) is 24.6 Å². The number of nitrogens with zero attached hydrogens (tertiary/aromatic N) is 3. The van der Waals surface area contributed by atoms with Crippen LogP contribution in [0.1, 0.15) is 24.2 Å². The van der Waals surface area contributed by atoms with Crippen LogP contribution in [-0.4, -0.2) is 14.9 Å². The molecule has 92 valence electrons. The van der Waals surface area contributed by atoms with Gasteiger partial charge in [-0.1, -0.05) is 17.8 Å². The first-order valence-corrected chi connectivity index (χ1v) is 6.30. The second-order valence-corrected chi connectivity index (χ2v) is 5.11. The average Bonchev–Trinajstić information content (AvgIpc) is 2.74. The van der Waals surface area contributed by atoms with E-state index in [1.54, 1.807) is 36.0 Å². The van der Waals surface area contributed by atoms with Crippen molar-refractivity contribution in [2.75, 3.05) is 0 Å². The van der Waals surface area contributed by atoms with E-state index in [-0.39, 0.29) is 0 Å². The van der Waals surface area contributed by atoms with Crippen LogP contribution in [0.15, 0.2) is 40.4 Å². The summed E-state index contributed by atoms with van der Waals surface area (Å²) in [5.41, 5.74) is 1.41. The molecule has 0 unspecified atom stereocenters. The lowest BCUT2D eigenvalue weighted by molar-refractivity contribution is 0.196. The molecule has 0 aliphatic carbocycles. The zero-order chi connectivity index (χ0) is 13.1. The van der Waals surface area contributed by atoms with Gasteiger partial charge in [0, 0.05) is 18.1 Å². The molecule has 0 spiro atoms. The quantitative estimate of drug-likeness (QED) is 0.920. The van der Waals surface area contributed by atoms with Gasteiger partial charge >= 0.3 is 0 Å². The fraction of sp³-hybridized carbons (Fsp3) is 0.231. The topological polar surface area (TPSA) is 61.8 Å². The molecule has 1 atom stereocenters. The molecule has 18 heavy (non-hydrogen) atoms. The Morgan fingerprint density at radius 1 is 1.50 bits per heavy atom. The molecule has 5 heteroatoms. The Morgan fingerprint density at radius 2 is 2.28 bits per heavy atom. The minimum absolute atomic E-state index is 0.558. The lowest BCUT2D eigenvalue weighted by atomic mass is 10.1. The van der Waals surface area contributed by atoms with Gasteiger partial charge in [0.05, 0.1) is 28.8 Å². The molecule has 1 aromatic carbocycles. The second-order valence-electron chi connectivity index (χ2n) is 3.99. The van der Waals surface area contributed by atoms with E-state index in [4.69, 9.17) is 5.26 Å². The molecule has 0 radical (unpaired) electrons. The molecule has 2 rings (SSSR count). The van der Waals surface area contributed by atoms with Gasteiger partial charge in [0.1, 0.15) is 0 Å². The van der Waals surface area contributed by atoms with Crippen LogP contribution >= 0.6 is 11.8 Å². The Labute approximate surface area is 110 Å². The summed E-state index contributed by atoms with van der Waals surface area (Å²) in [6.07, 6.45) is 3.10. The maximum Gasteiger partial charge on any atom is 0.0992 e. The standard InChI is InChI=1S/C13H13N3OS/c1-9(17)12-4-3-10(6-14)5-13(12)18-11-7-15-16(2)8-11/h3-5,7-9,17H,1-2H3/t9-/m1/s1. The molecule has 1 aromatic heterocycles. The number of aliphatic hydroxyl groups is 1. The van der Waals surface area contributed by atoms with Crippen LogP contribution in [0, 0.1) is 11.3 Å². The number of aryl methyl sites for hydroxylation is 1. The summed E-state index contributed by atoms with van der Waals surface area (Å²) < 4.78 is 1.72. The zero-order valence-corrected chi connectivity index (χ0v) is 11.0. The van der Waals surface area contributed by atoms with E-state index in [9.17, 15) is 5.11 Å². The van der Waals surface area contributed by atoms with Gasteiger partial charge in [0.2, 0.25) is 0 Å². The van der Waals surface area contributed by atoms with Crippen molar-refractivity contribution in [3.63, 3.8) is 0 Å². The minimum atomic E-state index is -0.558. The number of hydrogen-bond acceptors (Lipinski definition) is 4. The van der Waals surface area contributed by atoms with E-state index in [0.29, 0.717) is 5.56 Å². The summed E-state index contributed by atoms with van der Waals surface area (Å²) in [4.78, 5) is 1.87. The molecule has 0 fully saturated rings. The van der Waals surface area contributed by atoms with E-state index < -0.39 is 6.10 Å². The molecule has 0 aliphatic heterocycles. The van der Waals surface area contributed by atoms with Crippen LogP contribution in [0.5, 0.6) is 0 Å². The third kappa shape index (κ3) is 2.73. The normalized spacial score (nSPS) is 12.1. The van der Waals surface area contributed by atoms with Crippen molar-refractivity contribution in [2.45, 2.75) is 22.8 Å². The van der Waals surface area contributed by atoms with E-state index in [0.717, 1.165) is 15.4 Å². The number of rotatable bonds is 3. The molecule has 4 nitrogen and oxygen atoms in total. The smallest absolute Gasteiger partial charge is 0.0992 e. The first-order valence-electron chi connectivity index (χ1n) is 5.49. The highest BCUT2D eigenvalue weighted by molar-refractivity contribution is 7.99. The van der Waals surface area contributed by atoms with Gasteiger partial charge in [-0.3, -0.25) is 4.68 Å². The van der Waals surface area contributed by atoms with Gasteiger partial charge < -0.3 is 5.11 Å². The van der Waals surface area contributed by atoms with Gasteiger partial charge in [0.15, 0.2) is 0 Å². The SMILES string of the molecule is C[C@@H](O)c1ccc(C#N)cc1Sc1cnn(C)c1. The van der Waals surface area contributed by atoms with Gasteiger partial charge in [-0.15, -0.1) is 0 Å². The Hall–Kier alpha value is -1.77. The van der Waals surface area contributed by atoms with E-state index >= 15 is 0 Å². The van der Waals surface area contributed by atoms with Gasteiger partial charge in [-0.25, -0.2) is 0 Å². The summed E-state index contributed by atoms with van der Waals surface area (Å²) in [6, 6.07) is 7.41. The molecule has 0 aliphatic rings. The van der Waals surface area contributed by atoms with E-state index in [1.165, 1.54) is 11.8 Å². The predicted molar refractivity (Wildman–Crippen MR) is 69.1 cm³/mol.